The topological polar surface area (TPSA) is 53.0 Å². The van der Waals surface area contributed by atoms with Gasteiger partial charge in [-0.25, -0.2) is 4.98 Å². The second-order valence-corrected chi connectivity index (χ2v) is 7.84. The van der Waals surface area contributed by atoms with Crippen LogP contribution in [0.25, 0.3) is 0 Å². The highest BCUT2D eigenvalue weighted by atomic mass is 127. The van der Waals surface area contributed by atoms with Gasteiger partial charge in [0.25, 0.3) is 0 Å². The van der Waals surface area contributed by atoms with Gasteiger partial charge in [0.15, 0.2) is 5.96 Å². The molecular weight excluding hydrogens is 485 g/mol. The molecule has 1 N–H and O–H groups in total. The van der Waals surface area contributed by atoms with E-state index in [1.807, 2.05) is 13.2 Å². The number of rotatable bonds is 6. The van der Waals surface area contributed by atoms with Crippen LogP contribution in [0.3, 0.4) is 0 Å². The van der Waals surface area contributed by atoms with E-state index in [9.17, 15) is 0 Å². The third kappa shape index (κ3) is 6.59. The second kappa shape index (κ2) is 11.6. The van der Waals surface area contributed by atoms with Crippen molar-refractivity contribution in [3.8, 4) is 0 Å². The molecule has 1 saturated heterocycles. The van der Waals surface area contributed by atoms with Gasteiger partial charge in [-0.2, -0.15) is 0 Å². The Morgan fingerprint density at radius 1 is 1.43 bits per heavy atom. The van der Waals surface area contributed by atoms with Crippen molar-refractivity contribution in [3.63, 3.8) is 0 Å². The van der Waals surface area contributed by atoms with Gasteiger partial charge in [-0.15, -0.1) is 35.3 Å². The molecule has 154 valence electrons. The summed E-state index contributed by atoms with van der Waals surface area (Å²) in [6.07, 6.45) is 3.24. The summed E-state index contributed by atoms with van der Waals surface area (Å²) in [5, 5.41) is 5.55. The van der Waals surface area contributed by atoms with E-state index in [-0.39, 0.29) is 30.1 Å². The van der Waals surface area contributed by atoms with Gasteiger partial charge in [0.1, 0.15) is 5.82 Å². The number of likely N-dealkylation sites (N-methyl/N-ethyl adjacent to an activating group) is 1. The van der Waals surface area contributed by atoms with Crippen LogP contribution < -0.4 is 10.2 Å². The van der Waals surface area contributed by atoms with Crippen LogP contribution in [0.2, 0.25) is 0 Å². The van der Waals surface area contributed by atoms with Crippen molar-refractivity contribution in [3.05, 3.63) is 46.3 Å². The molecule has 6 nitrogen and oxygen atoms in total. The molecule has 8 heteroatoms. The van der Waals surface area contributed by atoms with E-state index in [1.54, 1.807) is 11.3 Å². The highest BCUT2D eigenvalue weighted by molar-refractivity contribution is 14.0. The molecular formula is C20H30IN5OS. The number of guanidine groups is 1. The Morgan fingerprint density at radius 3 is 2.93 bits per heavy atom. The molecule has 0 radical (unpaired) electrons. The van der Waals surface area contributed by atoms with Crippen molar-refractivity contribution in [2.24, 2.45) is 4.99 Å². The van der Waals surface area contributed by atoms with Gasteiger partial charge >= 0.3 is 0 Å². The minimum absolute atomic E-state index is 0. The minimum atomic E-state index is 0. The summed E-state index contributed by atoms with van der Waals surface area (Å²) in [7, 11) is 3.90. The average molecular weight is 515 g/mol. The van der Waals surface area contributed by atoms with Gasteiger partial charge in [-0.3, -0.25) is 4.99 Å². The summed E-state index contributed by atoms with van der Waals surface area (Å²) < 4.78 is 5.60. The quantitative estimate of drug-likeness (QED) is 0.364. The maximum absolute atomic E-state index is 5.60. The lowest BCUT2D eigenvalue weighted by molar-refractivity contribution is 0.0529. The van der Waals surface area contributed by atoms with Crippen LogP contribution in [0, 0.1) is 0 Å². The smallest absolute Gasteiger partial charge is 0.193 e. The summed E-state index contributed by atoms with van der Waals surface area (Å²) >= 11 is 1.80. The number of anilines is 1. The van der Waals surface area contributed by atoms with Crippen LogP contribution in [0.4, 0.5) is 5.82 Å². The molecule has 28 heavy (non-hydrogen) atoms. The summed E-state index contributed by atoms with van der Waals surface area (Å²) in [4.78, 5) is 14.9. The van der Waals surface area contributed by atoms with Crippen molar-refractivity contribution in [2.75, 3.05) is 45.2 Å². The lowest BCUT2D eigenvalue weighted by Crippen LogP contribution is -2.41. The van der Waals surface area contributed by atoms with E-state index in [1.165, 1.54) is 4.88 Å². The van der Waals surface area contributed by atoms with E-state index in [0.29, 0.717) is 6.54 Å². The maximum Gasteiger partial charge on any atom is 0.193 e. The molecule has 1 fully saturated rings. The van der Waals surface area contributed by atoms with E-state index < -0.39 is 0 Å². The SMILES string of the molecule is CN=C(NCc1ccc(N2CCOC(C)C2)nc1)N(C)CCc1cccs1.I. The molecule has 3 heterocycles. The van der Waals surface area contributed by atoms with Crippen molar-refractivity contribution in [2.45, 2.75) is 26.0 Å². The third-order valence-electron chi connectivity index (χ3n) is 4.67. The normalized spacial score (nSPS) is 17.2. The minimum Gasteiger partial charge on any atom is -0.375 e. The van der Waals surface area contributed by atoms with Gasteiger partial charge in [-0.1, -0.05) is 12.1 Å². The Balaban J connectivity index is 0.00000280. The first-order chi connectivity index (χ1) is 13.2. The fourth-order valence-corrected chi connectivity index (χ4v) is 3.84. The van der Waals surface area contributed by atoms with Crippen molar-refractivity contribution in [1.29, 1.82) is 0 Å². The van der Waals surface area contributed by atoms with Gasteiger partial charge in [0.05, 0.1) is 12.7 Å². The van der Waals surface area contributed by atoms with Crippen molar-refractivity contribution < 1.29 is 4.74 Å². The number of aromatic nitrogens is 1. The Hall–Kier alpha value is -1.39. The molecule has 0 spiro atoms. The van der Waals surface area contributed by atoms with Gasteiger partial charge < -0.3 is 19.9 Å². The molecule has 2 aromatic heterocycles. The monoisotopic (exact) mass is 515 g/mol. The largest absolute Gasteiger partial charge is 0.375 e. The number of halogens is 1. The number of morpholine rings is 1. The second-order valence-electron chi connectivity index (χ2n) is 6.80. The van der Waals surface area contributed by atoms with Crippen molar-refractivity contribution in [1.82, 2.24) is 15.2 Å². The molecule has 2 aromatic rings. The Bertz CT molecular complexity index is 723. The molecule has 0 bridgehead atoms. The Morgan fingerprint density at radius 2 is 2.29 bits per heavy atom. The fourth-order valence-electron chi connectivity index (χ4n) is 3.14. The fraction of sp³-hybridized carbons (Fsp3) is 0.500. The first-order valence-electron chi connectivity index (χ1n) is 9.41. The molecule has 0 amide bonds. The molecule has 1 unspecified atom stereocenters. The number of thiophene rings is 1. The zero-order valence-corrected chi connectivity index (χ0v) is 19.9. The highest BCUT2D eigenvalue weighted by Crippen LogP contribution is 2.15. The lowest BCUT2D eigenvalue weighted by Gasteiger charge is -2.32. The lowest BCUT2D eigenvalue weighted by atomic mass is 10.2. The number of hydrogen-bond donors (Lipinski definition) is 1. The van der Waals surface area contributed by atoms with E-state index >= 15 is 0 Å². The molecule has 3 rings (SSSR count). The molecule has 1 aliphatic heterocycles. The van der Waals surface area contributed by atoms with Gasteiger partial charge in [-0.05, 0) is 36.4 Å². The van der Waals surface area contributed by atoms with E-state index in [4.69, 9.17) is 4.74 Å². The molecule has 1 aliphatic rings. The van der Waals surface area contributed by atoms with Crippen LogP contribution in [-0.4, -0.2) is 62.3 Å². The predicted molar refractivity (Wildman–Crippen MR) is 128 cm³/mol. The van der Waals surface area contributed by atoms with Gasteiger partial charge in [0, 0.05) is 51.3 Å². The third-order valence-corrected chi connectivity index (χ3v) is 5.61. The molecule has 0 aromatic carbocycles. The summed E-state index contributed by atoms with van der Waals surface area (Å²) in [6, 6.07) is 8.51. The van der Waals surface area contributed by atoms with Gasteiger partial charge in [0.2, 0.25) is 0 Å². The van der Waals surface area contributed by atoms with Crippen molar-refractivity contribution >= 4 is 47.1 Å². The number of aliphatic imine (C=N–C) groups is 1. The molecule has 1 atom stereocenters. The maximum atomic E-state index is 5.60. The number of nitrogens with one attached hydrogen (secondary N) is 1. The first kappa shape index (κ1) is 22.9. The summed E-state index contributed by atoms with van der Waals surface area (Å²) in [5.74, 6) is 1.92. The molecule has 0 aliphatic carbocycles. The summed E-state index contributed by atoms with van der Waals surface area (Å²) in [5.41, 5.74) is 1.15. The standard InChI is InChI=1S/C20H29N5OS.HI/c1-16-15-25(10-11-26-16)19-7-6-17(13-22-19)14-23-20(21-2)24(3)9-8-18-5-4-12-27-18;/h4-7,12-13,16H,8-11,14-15H2,1-3H3,(H,21,23);1H. The number of nitrogens with zero attached hydrogens (tertiary/aromatic N) is 4. The Kier molecular flexibility index (Phi) is 9.46. The Labute approximate surface area is 189 Å². The van der Waals surface area contributed by atoms with E-state index in [2.05, 4.69) is 68.7 Å². The predicted octanol–water partition coefficient (Wildman–Crippen LogP) is 3.24. The van der Waals surface area contributed by atoms with Crippen LogP contribution in [0.15, 0.2) is 40.8 Å². The highest BCUT2D eigenvalue weighted by Gasteiger charge is 2.17. The zero-order chi connectivity index (χ0) is 19.1. The average Bonchev–Trinajstić information content (AvgIpc) is 3.21. The zero-order valence-electron chi connectivity index (χ0n) is 16.8. The first-order valence-corrected chi connectivity index (χ1v) is 10.3. The van der Waals surface area contributed by atoms with Crippen LogP contribution >= 0.6 is 35.3 Å². The number of ether oxygens (including phenoxy) is 1. The van der Waals surface area contributed by atoms with Crippen LogP contribution in [0.1, 0.15) is 17.4 Å². The summed E-state index contributed by atoms with van der Waals surface area (Å²) in [6.45, 7) is 6.31. The number of pyridine rings is 1. The molecule has 0 saturated carbocycles. The van der Waals surface area contributed by atoms with E-state index in [0.717, 1.165) is 50.0 Å². The number of hydrogen-bond acceptors (Lipinski definition) is 5. The van der Waals surface area contributed by atoms with Crippen LogP contribution in [-0.2, 0) is 17.7 Å². The van der Waals surface area contributed by atoms with Crippen LogP contribution in [0.5, 0.6) is 0 Å².